The fourth-order valence-electron chi connectivity index (χ4n) is 1.77. The van der Waals surface area contributed by atoms with Crippen molar-refractivity contribution in [1.29, 1.82) is 0 Å². The van der Waals surface area contributed by atoms with Gasteiger partial charge in [-0.3, -0.25) is 9.08 Å². The third-order valence-corrected chi connectivity index (χ3v) is 5.20. The lowest BCUT2D eigenvalue weighted by Crippen LogP contribution is -2.25. The molecule has 0 aliphatic carbocycles. The van der Waals surface area contributed by atoms with Gasteiger partial charge in [-0.25, -0.2) is 18.1 Å². The Morgan fingerprint density at radius 1 is 1.45 bits per heavy atom. The molecule has 3 heterocycles. The summed E-state index contributed by atoms with van der Waals surface area (Å²) in [6, 6.07) is 1.74. The number of nitrogens with one attached hydrogen (secondary N) is 1. The van der Waals surface area contributed by atoms with Crippen molar-refractivity contribution in [1.82, 2.24) is 23.9 Å². The van der Waals surface area contributed by atoms with Gasteiger partial charge >= 0.3 is 0 Å². The minimum Gasteiger partial charge on any atom is -0.279 e. The number of aromatic nitrogens is 4. The summed E-state index contributed by atoms with van der Waals surface area (Å²) in [4.78, 5) is 4.54. The highest BCUT2D eigenvalue weighted by atomic mass is 35.5. The first kappa shape index (κ1) is 13.6. The van der Waals surface area contributed by atoms with Crippen molar-refractivity contribution < 1.29 is 8.42 Å². The maximum absolute atomic E-state index is 12.3. The van der Waals surface area contributed by atoms with E-state index >= 15 is 0 Å². The molecule has 3 aromatic rings. The highest BCUT2D eigenvalue weighted by Crippen LogP contribution is 2.25. The highest BCUT2D eigenvalue weighted by Gasteiger charge is 2.24. The molecule has 0 atom stereocenters. The Morgan fingerprint density at radius 2 is 2.25 bits per heavy atom. The van der Waals surface area contributed by atoms with E-state index in [1.807, 2.05) is 0 Å². The number of fused-ring (bicyclic) bond motifs is 1. The number of hydrogen-bond donors (Lipinski definition) is 1. The molecule has 0 unspecified atom stereocenters. The molecule has 0 radical (unpaired) electrons. The molecule has 0 saturated heterocycles. The van der Waals surface area contributed by atoms with Crippen molar-refractivity contribution >= 4 is 37.9 Å². The molecule has 3 rings (SSSR count). The van der Waals surface area contributed by atoms with Crippen LogP contribution in [-0.2, 0) is 23.6 Å². The number of nitrogens with zero attached hydrogens (tertiary/aromatic N) is 4. The summed E-state index contributed by atoms with van der Waals surface area (Å²) in [6.07, 6.45) is 3.36. The number of halogens is 1. The number of sulfonamides is 1. The molecular weight excluding hydrogens is 322 g/mol. The molecule has 20 heavy (non-hydrogen) atoms. The van der Waals surface area contributed by atoms with Gasteiger partial charge in [0, 0.05) is 24.8 Å². The second kappa shape index (κ2) is 4.85. The lowest BCUT2D eigenvalue weighted by molar-refractivity contribution is 0.574. The predicted molar refractivity (Wildman–Crippen MR) is 75.3 cm³/mol. The van der Waals surface area contributed by atoms with Crippen molar-refractivity contribution in [3.05, 3.63) is 34.7 Å². The summed E-state index contributed by atoms with van der Waals surface area (Å²) in [5.74, 6) is 0. The van der Waals surface area contributed by atoms with E-state index < -0.39 is 10.0 Å². The molecule has 0 amide bonds. The van der Waals surface area contributed by atoms with Crippen LogP contribution in [0.25, 0.3) is 4.96 Å². The highest BCUT2D eigenvalue weighted by molar-refractivity contribution is 7.89. The third-order valence-electron chi connectivity index (χ3n) is 2.65. The first-order valence-corrected chi connectivity index (χ1v) is 8.31. The van der Waals surface area contributed by atoms with Gasteiger partial charge in [0.05, 0.1) is 12.2 Å². The second-order valence-electron chi connectivity index (χ2n) is 4.07. The van der Waals surface area contributed by atoms with Gasteiger partial charge in [0.2, 0.25) is 0 Å². The second-order valence-corrected chi connectivity index (χ2v) is 6.98. The lowest BCUT2D eigenvalue weighted by Gasteiger charge is -2.04. The Bertz CT molecular complexity index is 863. The normalized spacial score (nSPS) is 12.3. The maximum Gasteiger partial charge on any atom is 0.260 e. The third kappa shape index (κ3) is 2.33. The largest absolute Gasteiger partial charge is 0.279 e. The van der Waals surface area contributed by atoms with Crippen molar-refractivity contribution in [2.24, 2.45) is 7.05 Å². The van der Waals surface area contributed by atoms with Crippen LogP contribution in [0.3, 0.4) is 0 Å². The van der Waals surface area contributed by atoms with E-state index in [4.69, 9.17) is 11.6 Å². The standard InChI is InChI=1S/C10H10ClN5O2S2/c1-15-3-2-7(14-15)6-12-20(17,18)9-8(11)13-10-16(9)4-5-19-10/h2-5,12H,6H2,1H3. The Hall–Kier alpha value is -1.42. The zero-order chi connectivity index (χ0) is 14.3. The van der Waals surface area contributed by atoms with Gasteiger partial charge in [-0.15, -0.1) is 11.3 Å². The van der Waals surface area contributed by atoms with Gasteiger partial charge in [0.25, 0.3) is 10.0 Å². The quantitative estimate of drug-likeness (QED) is 0.780. The summed E-state index contributed by atoms with van der Waals surface area (Å²) in [5, 5.41) is 5.77. The van der Waals surface area contributed by atoms with Crippen LogP contribution >= 0.6 is 22.9 Å². The van der Waals surface area contributed by atoms with E-state index in [1.165, 1.54) is 15.7 Å². The number of rotatable bonds is 4. The average Bonchev–Trinajstić information content (AvgIpc) is 3.02. The monoisotopic (exact) mass is 331 g/mol. The van der Waals surface area contributed by atoms with Gasteiger partial charge in [-0.1, -0.05) is 11.6 Å². The molecule has 1 N–H and O–H groups in total. The van der Waals surface area contributed by atoms with Crippen LogP contribution in [0.15, 0.2) is 28.9 Å². The van der Waals surface area contributed by atoms with E-state index in [-0.39, 0.29) is 16.7 Å². The van der Waals surface area contributed by atoms with E-state index in [0.717, 1.165) is 0 Å². The first-order chi connectivity index (χ1) is 9.47. The molecule has 0 saturated carbocycles. The molecule has 106 valence electrons. The predicted octanol–water partition coefficient (Wildman–Crippen LogP) is 1.26. The Balaban J connectivity index is 1.91. The Labute approximate surface area is 123 Å². The van der Waals surface area contributed by atoms with E-state index in [1.54, 1.807) is 35.6 Å². The van der Waals surface area contributed by atoms with E-state index in [0.29, 0.717) is 10.7 Å². The van der Waals surface area contributed by atoms with Crippen LogP contribution in [-0.4, -0.2) is 27.6 Å². The minimum absolute atomic E-state index is 0.0367. The molecule has 0 aliphatic heterocycles. The van der Waals surface area contributed by atoms with Crippen molar-refractivity contribution in [2.75, 3.05) is 0 Å². The van der Waals surface area contributed by atoms with Gasteiger partial charge in [0.1, 0.15) is 0 Å². The number of imidazole rings is 1. The SMILES string of the molecule is Cn1ccc(CNS(=O)(=O)c2c(Cl)nc3sccn23)n1. The number of aryl methyl sites for hydroxylation is 1. The molecule has 10 heteroatoms. The summed E-state index contributed by atoms with van der Waals surface area (Å²) < 4.78 is 30.2. The number of hydrogen-bond acceptors (Lipinski definition) is 5. The zero-order valence-corrected chi connectivity index (χ0v) is 12.7. The Morgan fingerprint density at radius 3 is 2.95 bits per heavy atom. The van der Waals surface area contributed by atoms with Crippen molar-refractivity contribution in [3.8, 4) is 0 Å². The summed E-state index contributed by atoms with van der Waals surface area (Å²) >= 11 is 7.23. The van der Waals surface area contributed by atoms with Gasteiger partial charge in [0.15, 0.2) is 15.1 Å². The Kier molecular flexibility index (Phi) is 3.28. The van der Waals surface area contributed by atoms with Crippen LogP contribution in [0.5, 0.6) is 0 Å². The van der Waals surface area contributed by atoms with E-state index in [9.17, 15) is 8.42 Å². The molecule has 0 aliphatic rings. The average molecular weight is 332 g/mol. The van der Waals surface area contributed by atoms with Crippen LogP contribution in [0.2, 0.25) is 5.15 Å². The summed E-state index contributed by atoms with van der Waals surface area (Å²) in [5.41, 5.74) is 0.623. The van der Waals surface area contributed by atoms with E-state index in [2.05, 4.69) is 14.8 Å². The molecule has 7 nitrogen and oxygen atoms in total. The van der Waals surface area contributed by atoms with Crippen LogP contribution in [0, 0.1) is 0 Å². The molecule has 0 bridgehead atoms. The topological polar surface area (TPSA) is 81.3 Å². The molecular formula is C10H10ClN5O2S2. The van der Waals surface area contributed by atoms with Gasteiger partial charge in [-0.05, 0) is 6.07 Å². The first-order valence-electron chi connectivity index (χ1n) is 5.56. The summed E-state index contributed by atoms with van der Waals surface area (Å²) in [7, 11) is -1.99. The number of thiazole rings is 1. The lowest BCUT2D eigenvalue weighted by atomic mass is 10.4. The molecule has 3 aromatic heterocycles. The zero-order valence-electron chi connectivity index (χ0n) is 10.3. The van der Waals surface area contributed by atoms with Gasteiger partial charge < -0.3 is 0 Å². The fraction of sp³-hybridized carbons (Fsp3) is 0.200. The molecule has 0 spiro atoms. The smallest absolute Gasteiger partial charge is 0.260 e. The molecule has 0 aromatic carbocycles. The van der Waals surface area contributed by atoms with Crippen molar-refractivity contribution in [2.45, 2.75) is 11.6 Å². The maximum atomic E-state index is 12.3. The van der Waals surface area contributed by atoms with Crippen molar-refractivity contribution in [3.63, 3.8) is 0 Å². The fourth-order valence-corrected chi connectivity index (χ4v) is 4.22. The summed E-state index contributed by atoms with van der Waals surface area (Å²) in [6.45, 7) is 0.0941. The van der Waals surface area contributed by atoms with Crippen LogP contribution < -0.4 is 4.72 Å². The van der Waals surface area contributed by atoms with Gasteiger partial charge in [-0.2, -0.15) is 5.10 Å². The molecule has 0 fully saturated rings. The van der Waals surface area contributed by atoms with Crippen LogP contribution in [0.4, 0.5) is 0 Å². The van der Waals surface area contributed by atoms with Crippen LogP contribution in [0.1, 0.15) is 5.69 Å². The minimum atomic E-state index is -3.76.